The van der Waals surface area contributed by atoms with Gasteiger partial charge in [-0.25, -0.2) is 0 Å². The molecule has 0 spiro atoms. The van der Waals surface area contributed by atoms with Crippen molar-refractivity contribution >= 4 is 11.3 Å². The summed E-state index contributed by atoms with van der Waals surface area (Å²) in [7, 11) is 1.78. The van der Waals surface area contributed by atoms with Crippen molar-refractivity contribution < 1.29 is 4.74 Å². The molecule has 0 atom stereocenters. The zero-order valence-electron chi connectivity index (χ0n) is 8.32. The standard InChI is InChI=1S/C9H15N3OS/c1-13-9(3-2-4-9)5-7-11-12-8(6-10)14-7/h2-6,10H2,1H3. The molecule has 0 aromatic carbocycles. The van der Waals surface area contributed by atoms with Crippen molar-refractivity contribution in [2.24, 2.45) is 5.73 Å². The van der Waals surface area contributed by atoms with Gasteiger partial charge in [0.05, 0.1) is 5.60 Å². The van der Waals surface area contributed by atoms with E-state index in [1.165, 1.54) is 6.42 Å². The number of nitrogens with zero attached hydrogens (tertiary/aromatic N) is 2. The smallest absolute Gasteiger partial charge is 0.131 e. The molecule has 1 aliphatic carbocycles. The van der Waals surface area contributed by atoms with E-state index in [2.05, 4.69) is 10.2 Å². The predicted molar refractivity (Wildman–Crippen MR) is 55.1 cm³/mol. The molecule has 2 rings (SSSR count). The quantitative estimate of drug-likeness (QED) is 0.814. The highest BCUT2D eigenvalue weighted by atomic mass is 32.1. The lowest BCUT2D eigenvalue weighted by molar-refractivity contribution is -0.0709. The highest BCUT2D eigenvalue weighted by molar-refractivity contribution is 7.11. The van der Waals surface area contributed by atoms with E-state index >= 15 is 0 Å². The van der Waals surface area contributed by atoms with E-state index < -0.39 is 0 Å². The number of rotatable bonds is 4. The fourth-order valence-electron chi connectivity index (χ4n) is 1.74. The zero-order valence-corrected chi connectivity index (χ0v) is 9.14. The molecule has 2 N–H and O–H groups in total. The normalized spacial score (nSPS) is 19.3. The number of methoxy groups -OCH3 is 1. The fraction of sp³-hybridized carbons (Fsp3) is 0.778. The van der Waals surface area contributed by atoms with Gasteiger partial charge in [0.1, 0.15) is 10.0 Å². The number of nitrogens with two attached hydrogens (primary N) is 1. The largest absolute Gasteiger partial charge is 0.378 e. The van der Waals surface area contributed by atoms with Gasteiger partial charge in [-0.2, -0.15) is 0 Å². The fourth-order valence-corrected chi connectivity index (χ4v) is 2.60. The van der Waals surface area contributed by atoms with Crippen LogP contribution in [0, 0.1) is 0 Å². The molecule has 78 valence electrons. The predicted octanol–water partition coefficient (Wildman–Crippen LogP) is 1.11. The molecule has 1 aromatic heterocycles. The molecule has 14 heavy (non-hydrogen) atoms. The maximum absolute atomic E-state index is 5.53. The van der Waals surface area contributed by atoms with Gasteiger partial charge >= 0.3 is 0 Å². The van der Waals surface area contributed by atoms with Crippen LogP contribution < -0.4 is 5.73 Å². The zero-order chi connectivity index (χ0) is 10.0. The summed E-state index contributed by atoms with van der Waals surface area (Å²) in [6, 6.07) is 0. The molecular formula is C9H15N3OS. The Labute approximate surface area is 87.5 Å². The maximum Gasteiger partial charge on any atom is 0.131 e. The Hall–Kier alpha value is -0.520. The van der Waals surface area contributed by atoms with Crippen LogP contribution >= 0.6 is 11.3 Å². The maximum atomic E-state index is 5.53. The van der Waals surface area contributed by atoms with Crippen LogP contribution in [0.4, 0.5) is 0 Å². The van der Waals surface area contributed by atoms with E-state index in [1.807, 2.05) is 0 Å². The number of hydrogen-bond acceptors (Lipinski definition) is 5. The van der Waals surface area contributed by atoms with Crippen molar-refractivity contribution in [3.05, 3.63) is 10.0 Å². The minimum Gasteiger partial charge on any atom is -0.378 e. The second kappa shape index (κ2) is 3.92. The average molecular weight is 213 g/mol. The van der Waals surface area contributed by atoms with Gasteiger partial charge in [0.25, 0.3) is 0 Å². The van der Waals surface area contributed by atoms with Gasteiger partial charge in [-0.15, -0.1) is 21.5 Å². The molecule has 1 saturated carbocycles. The first-order valence-electron chi connectivity index (χ1n) is 4.84. The Bertz CT molecular complexity index is 303. The SMILES string of the molecule is COC1(Cc2nnc(CN)s2)CCC1. The molecule has 0 aliphatic heterocycles. The van der Waals surface area contributed by atoms with Crippen molar-refractivity contribution in [1.29, 1.82) is 0 Å². The molecule has 4 nitrogen and oxygen atoms in total. The Morgan fingerprint density at radius 2 is 2.14 bits per heavy atom. The summed E-state index contributed by atoms with van der Waals surface area (Å²) in [5, 5.41) is 10.1. The minimum atomic E-state index is 0.0470. The van der Waals surface area contributed by atoms with E-state index in [1.54, 1.807) is 18.4 Å². The van der Waals surface area contributed by atoms with Crippen LogP contribution in [0.1, 0.15) is 29.3 Å². The van der Waals surface area contributed by atoms with Crippen LogP contribution in [-0.2, 0) is 17.7 Å². The highest BCUT2D eigenvalue weighted by Crippen LogP contribution is 2.38. The first-order valence-corrected chi connectivity index (χ1v) is 5.66. The van der Waals surface area contributed by atoms with E-state index in [0.717, 1.165) is 29.3 Å². The van der Waals surface area contributed by atoms with Gasteiger partial charge < -0.3 is 10.5 Å². The van der Waals surface area contributed by atoms with E-state index in [-0.39, 0.29) is 5.60 Å². The third-order valence-corrected chi connectivity index (χ3v) is 3.80. The van der Waals surface area contributed by atoms with Crippen molar-refractivity contribution in [2.75, 3.05) is 7.11 Å². The second-order valence-corrected chi connectivity index (χ2v) is 4.86. The van der Waals surface area contributed by atoms with Crippen LogP contribution in [-0.4, -0.2) is 22.9 Å². The van der Waals surface area contributed by atoms with Crippen LogP contribution in [0.3, 0.4) is 0 Å². The molecule has 1 aliphatic rings. The summed E-state index contributed by atoms with van der Waals surface area (Å²) in [6.07, 6.45) is 4.43. The lowest BCUT2D eigenvalue weighted by atomic mass is 9.78. The molecule has 0 bridgehead atoms. The van der Waals surface area contributed by atoms with Crippen molar-refractivity contribution in [2.45, 2.75) is 37.8 Å². The number of ether oxygens (including phenoxy) is 1. The van der Waals surface area contributed by atoms with Crippen molar-refractivity contribution in [1.82, 2.24) is 10.2 Å². The minimum absolute atomic E-state index is 0.0470. The molecule has 0 saturated heterocycles. The van der Waals surface area contributed by atoms with Crippen LogP contribution in [0.2, 0.25) is 0 Å². The summed E-state index contributed by atoms with van der Waals surface area (Å²) < 4.78 is 5.53. The Balaban J connectivity index is 2.02. The Morgan fingerprint density at radius 1 is 1.43 bits per heavy atom. The first-order chi connectivity index (χ1) is 6.78. The van der Waals surface area contributed by atoms with Crippen LogP contribution in [0.15, 0.2) is 0 Å². The van der Waals surface area contributed by atoms with E-state index in [9.17, 15) is 0 Å². The molecule has 0 amide bonds. The average Bonchev–Trinajstić information content (AvgIpc) is 2.59. The second-order valence-electron chi connectivity index (χ2n) is 3.71. The monoisotopic (exact) mass is 213 g/mol. The summed E-state index contributed by atoms with van der Waals surface area (Å²) in [4.78, 5) is 0. The number of aromatic nitrogens is 2. The van der Waals surface area contributed by atoms with Gasteiger partial charge in [0, 0.05) is 20.1 Å². The molecule has 1 aromatic rings. The Morgan fingerprint density at radius 3 is 2.57 bits per heavy atom. The third-order valence-electron chi connectivity index (χ3n) is 2.85. The summed E-state index contributed by atoms with van der Waals surface area (Å²) >= 11 is 1.60. The molecule has 1 heterocycles. The van der Waals surface area contributed by atoms with Crippen molar-refractivity contribution in [3.8, 4) is 0 Å². The molecular weight excluding hydrogens is 198 g/mol. The van der Waals surface area contributed by atoms with Crippen LogP contribution in [0.25, 0.3) is 0 Å². The van der Waals surface area contributed by atoms with Crippen molar-refractivity contribution in [3.63, 3.8) is 0 Å². The van der Waals surface area contributed by atoms with E-state index in [0.29, 0.717) is 6.54 Å². The molecule has 0 radical (unpaired) electrons. The lowest BCUT2D eigenvalue weighted by Gasteiger charge is -2.39. The van der Waals surface area contributed by atoms with Gasteiger partial charge in [-0.1, -0.05) is 0 Å². The van der Waals surface area contributed by atoms with Crippen LogP contribution in [0.5, 0.6) is 0 Å². The van der Waals surface area contributed by atoms with Gasteiger partial charge in [0.2, 0.25) is 0 Å². The molecule has 0 unspecified atom stereocenters. The summed E-state index contributed by atoms with van der Waals surface area (Å²) in [5.41, 5.74) is 5.53. The number of hydrogen-bond donors (Lipinski definition) is 1. The Kier molecular flexibility index (Phi) is 2.80. The topological polar surface area (TPSA) is 61.0 Å². The lowest BCUT2D eigenvalue weighted by Crippen LogP contribution is -2.41. The third kappa shape index (κ3) is 1.80. The van der Waals surface area contributed by atoms with E-state index in [4.69, 9.17) is 10.5 Å². The first kappa shape index (κ1) is 10.0. The highest BCUT2D eigenvalue weighted by Gasteiger charge is 2.38. The summed E-state index contributed by atoms with van der Waals surface area (Å²) in [6.45, 7) is 0.484. The van der Waals surface area contributed by atoms with Gasteiger partial charge in [-0.3, -0.25) is 0 Å². The summed E-state index contributed by atoms with van der Waals surface area (Å²) in [5.74, 6) is 0. The van der Waals surface area contributed by atoms with Gasteiger partial charge in [-0.05, 0) is 19.3 Å². The van der Waals surface area contributed by atoms with Gasteiger partial charge in [0.15, 0.2) is 0 Å². The molecule has 5 heteroatoms. The molecule has 1 fully saturated rings.